The molecule has 0 aliphatic heterocycles. The quantitative estimate of drug-likeness (QED) is 0.841. The molecule has 0 fully saturated rings. The molecule has 0 bridgehead atoms. The van der Waals surface area contributed by atoms with Crippen LogP contribution in [0.25, 0.3) is 10.9 Å². The van der Waals surface area contributed by atoms with Crippen molar-refractivity contribution in [2.24, 2.45) is 12.8 Å². The lowest BCUT2D eigenvalue weighted by Gasteiger charge is -2.06. The Morgan fingerprint density at radius 3 is 2.88 bits per heavy atom. The molecule has 1 atom stereocenters. The molecule has 4 heteroatoms. The maximum atomic E-state index is 10.8. The number of carboxylic acids is 1. The standard InChI is InChI=1S/C13H16N2O2/c1-8-4-3-5-11-12(8)9(7-15(11)2)6-10(14)13(16)17/h3-5,7,10H,6,14H2,1-2H3,(H,16,17). The molecule has 2 aromatic rings. The fourth-order valence-corrected chi connectivity index (χ4v) is 2.21. The summed E-state index contributed by atoms with van der Waals surface area (Å²) < 4.78 is 2.01. The summed E-state index contributed by atoms with van der Waals surface area (Å²) in [6.45, 7) is 2.03. The number of benzene rings is 1. The smallest absolute Gasteiger partial charge is 0.320 e. The molecule has 0 saturated carbocycles. The molecule has 0 spiro atoms. The van der Waals surface area contributed by atoms with E-state index in [1.54, 1.807) is 0 Å². The third kappa shape index (κ3) is 2.03. The lowest BCUT2D eigenvalue weighted by molar-refractivity contribution is -0.138. The van der Waals surface area contributed by atoms with Gasteiger partial charge < -0.3 is 15.4 Å². The zero-order valence-corrected chi connectivity index (χ0v) is 9.97. The van der Waals surface area contributed by atoms with Crippen LogP contribution in [-0.4, -0.2) is 21.7 Å². The second kappa shape index (κ2) is 4.22. The number of hydrogen-bond donors (Lipinski definition) is 2. The minimum absolute atomic E-state index is 0.359. The van der Waals surface area contributed by atoms with Gasteiger partial charge in [-0.25, -0.2) is 0 Å². The Kier molecular flexibility index (Phi) is 2.90. The topological polar surface area (TPSA) is 68.2 Å². The van der Waals surface area contributed by atoms with E-state index in [9.17, 15) is 4.79 Å². The van der Waals surface area contributed by atoms with Crippen LogP contribution in [0.2, 0.25) is 0 Å². The molecule has 3 N–H and O–H groups in total. The van der Waals surface area contributed by atoms with Gasteiger partial charge in [0.05, 0.1) is 0 Å². The Labute approximate surface area is 99.7 Å². The number of nitrogens with two attached hydrogens (primary N) is 1. The summed E-state index contributed by atoms with van der Waals surface area (Å²) >= 11 is 0. The van der Waals surface area contributed by atoms with Crippen molar-refractivity contribution in [1.82, 2.24) is 4.57 Å². The lowest BCUT2D eigenvalue weighted by atomic mass is 10.0. The summed E-state index contributed by atoms with van der Waals surface area (Å²) in [5.41, 5.74) is 8.84. The van der Waals surface area contributed by atoms with Gasteiger partial charge in [-0.3, -0.25) is 4.79 Å². The SMILES string of the molecule is Cc1cccc2c1c(CC(N)C(=O)O)cn2C. The fraction of sp³-hybridized carbons (Fsp3) is 0.308. The molecule has 1 aromatic heterocycles. The average Bonchev–Trinajstić information content (AvgIpc) is 2.57. The van der Waals surface area contributed by atoms with Crippen molar-refractivity contribution < 1.29 is 9.90 Å². The monoisotopic (exact) mass is 232 g/mol. The maximum Gasteiger partial charge on any atom is 0.320 e. The molecular formula is C13H16N2O2. The van der Waals surface area contributed by atoms with Crippen LogP contribution in [0.3, 0.4) is 0 Å². The van der Waals surface area contributed by atoms with E-state index in [4.69, 9.17) is 10.8 Å². The highest BCUT2D eigenvalue weighted by molar-refractivity contribution is 5.88. The van der Waals surface area contributed by atoms with Crippen molar-refractivity contribution >= 4 is 16.9 Å². The van der Waals surface area contributed by atoms with Crippen LogP contribution < -0.4 is 5.73 Å². The van der Waals surface area contributed by atoms with Gasteiger partial charge in [-0.1, -0.05) is 12.1 Å². The lowest BCUT2D eigenvalue weighted by Crippen LogP contribution is -2.32. The van der Waals surface area contributed by atoms with E-state index in [1.165, 1.54) is 0 Å². The summed E-state index contributed by atoms with van der Waals surface area (Å²) in [5.74, 6) is -0.962. The Balaban J connectivity index is 2.51. The molecule has 0 radical (unpaired) electrons. The van der Waals surface area contributed by atoms with E-state index in [2.05, 4.69) is 0 Å². The van der Waals surface area contributed by atoms with Gasteiger partial charge in [-0.15, -0.1) is 0 Å². The summed E-state index contributed by atoms with van der Waals surface area (Å²) in [4.78, 5) is 10.8. The van der Waals surface area contributed by atoms with Crippen molar-refractivity contribution in [1.29, 1.82) is 0 Å². The van der Waals surface area contributed by atoms with Crippen LogP contribution >= 0.6 is 0 Å². The van der Waals surface area contributed by atoms with Gasteiger partial charge in [-0.2, -0.15) is 0 Å². The molecule has 0 saturated heterocycles. The van der Waals surface area contributed by atoms with Crippen LogP contribution in [0, 0.1) is 6.92 Å². The molecule has 17 heavy (non-hydrogen) atoms. The Morgan fingerprint density at radius 1 is 1.53 bits per heavy atom. The summed E-state index contributed by atoms with van der Waals surface area (Å²) in [5, 5.41) is 9.98. The molecule has 0 aliphatic carbocycles. The normalized spacial score (nSPS) is 12.9. The number of carbonyl (C=O) groups is 1. The van der Waals surface area contributed by atoms with E-state index in [1.807, 2.05) is 42.9 Å². The number of aromatic nitrogens is 1. The van der Waals surface area contributed by atoms with E-state index < -0.39 is 12.0 Å². The van der Waals surface area contributed by atoms with Crippen LogP contribution in [0.15, 0.2) is 24.4 Å². The highest BCUT2D eigenvalue weighted by Crippen LogP contribution is 2.24. The number of carboxylic acid groups (broad SMARTS) is 1. The number of rotatable bonds is 3. The molecule has 0 aliphatic rings. The van der Waals surface area contributed by atoms with Gasteiger partial charge in [0.1, 0.15) is 6.04 Å². The van der Waals surface area contributed by atoms with Gasteiger partial charge in [0.2, 0.25) is 0 Å². The van der Waals surface area contributed by atoms with Crippen LogP contribution in [0.4, 0.5) is 0 Å². The summed E-state index contributed by atoms with van der Waals surface area (Å²) in [6, 6.07) is 5.20. The first kappa shape index (κ1) is 11.7. The molecule has 1 heterocycles. The largest absolute Gasteiger partial charge is 0.480 e. The first-order valence-corrected chi connectivity index (χ1v) is 5.52. The van der Waals surface area contributed by atoms with E-state index >= 15 is 0 Å². The molecular weight excluding hydrogens is 216 g/mol. The molecule has 90 valence electrons. The third-order valence-corrected chi connectivity index (χ3v) is 3.06. The van der Waals surface area contributed by atoms with Crippen LogP contribution in [-0.2, 0) is 18.3 Å². The van der Waals surface area contributed by atoms with Gasteiger partial charge in [0.25, 0.3) is 0 Å². The van der Waals surface area contributed by atoms with E-state index in [0.717, 1.165) is 22.0 Å². The van der Waals surface area contributed by atoms with Crippen molar-refractivity contribution in [3.63, 3.8) is 0 Å². The first-order valence-electron chi connectivity index (χ1n) is 5.52. The van der Waals surface area contributed by atoms with Gasteiger partial charge in [0.15, 0.2) is 0 Å². The average molecular weight is 232 g/mol. The summed E-state index contributed by atoms with van der Waals surface area (Å²) in [6.07, 6.45) is 2.32. The molecule has 4 nitrogen and oxygen atoms in total. The molecule has 2 rings (SSSR count). The first-order chi connectivity index (χ1) is 8.00. The molecule has 1 aromatic carbocycles. The zero-order chi connectivity index (χ0) is 12.6. The van der Waals surface area contributed by atoms with Crippen molar-refractivity contribution in [3.05, 3.63) is 35.5 Å². The number of aryl methyl sites for hydroxylation is 2. The number of aliphatic carboxylic acids is 1. The molecule has 0 amide bonds. The van der Waals surface area contributed by atoms with E-state index in [0.29, 0.717) is 6.42 Å². The predicted molar refractivity (Wildman–Crippen MR) is 67.0 cm³/mol. The maximum absolute atomic E-state index is 10.8. The van der Waals surface area contributed by atoms with Gasteiger partial charge in [-0.05, 0) is 24.1 Å². The van der Waals surface area contributed by atoms with Crippen molar-refractivity contribution in [2.45, 2.75) is 19.4 Å². The highest BCUT2D eigenvalue weighted by atomic mass is 16.4. The van der Waals surface area contributed by atoms with Crippen molar-refractivity contribution in [3.8, 4) is 0 Å². The minimum Gasteiger partial charge on any atom is -0.480 e. The Hall–Kier alpha value is -1.81. The predicted octanol–water partition coefficient (Wildman–Crippen LogP) is 1.44. The third-order valence-electron chi connectivity index (χ3n) is 3.06. The minimum atomic E-state index is -0.962. The van der Waals surface area contributed by atoms with Crippen LogP contribution in [0.5, 0.6) is 0 Å². The van der Waals surface area contributed by atoms with Gasteiger partial charge in [0, 0.05) is 30.6 Å². The van der Waals surface area contributed by atoms with Gasteiger partial charge >= 0.3 is 5.97 Å². The highest BCUT2D eigenvalue weighted by Gasteiger charge is 2.16. The zero-order valence-electron chi connectivity index (χ0n) is 9.97. The van der Waals surface area contributed by atoms with Crippen LogP contribution in [0.1, 0.15) is 11.1 Å². The second-order valence-electron chi connectivity index (χ2n) is 4.38. The number of fused-ring (bicyclic) bond motifs is 1. The Morgan fingerprint density at radius 2 is 2.24 bits per heavy atom. The number of hydrogen-bond acceptors (Lipinski definition) is 2. The van der Waals surface area contributed by atoms with E-state index in [-0.39, 0.29) is 0 Å². The molecule has 1 unspecified atom stereocenters. The van der Waals surface area contributed by atoms with Crippen molar-refractivity contribution in [2.75, 3.05) is 0 Å². The second-order valence-corrected chi connectivity index (χ2v) is 4.38. The summed E-state index contributed by atoms with van der Waals surface area (Å²) in [7, 11) is 1.96. The Bertz CT molecular complexity index is 572. The number of nitrogens with zero attached hydrogens (tertiary/aromatic N) is 1. The fourth-order valence-electron chi connectivity index (χ4n) is 2.21.